The first-order valence-corrected chi connectivity index (χ1v) is 11.0. The van der Waals surface area contributed by atoms with E-state index in [9.17, 15) is 18.7 Å². The first kappa shape index (κ1) is 23.0. The number of hydrogen-bond donors (Lipinski definition) is 4. The number of aromatic nitrogens is 2. The number of methoxy groups -OCH3 is 1. The zero-order valence-corrected chi connectivity index (χ0v) is 18.6. The van der Waals surface area contributed by atoms with Crippen LogP contribution in [0.3, 0.4) is 0 Å². The van der Waals surface area contributed by atoms with Gasteiger partial charge in [0.2, 0.25) is 0 Å². The predicted octanol–water partition coefficient (Wildman–Crippen LogP) is 4.13. The summed E-state index contributed by atoms with van der Waals surface area (Å²) < 4.78 is 33.7. The molecule has 4 rings (SSSR count). The van der Waals surface area contributed by atoms with E-state index in [2.05, 4.69) is 20.6 Å². The van der Waals surface area contributed by atoms with Crippen LogP contribution in [0.1, 0.15) is 50.0 Å². The Kier molecular flexibility index (Phi) is 6.51. The molecule has 1 atom stereocenters. The molecule has 1 aliphatic rings. The first-order chi connectivity index (χ1) is 15.7. The zero-order chi connectivity index (χ0) is 23.6. The van der Waals surface area contributed by atoms with E-state index in [1.807, 2.05) is 24.3 Å². The molecule has 4 N–H and O–H groups in total. The number of para-hydroxylation sites is 2. The van der Waals surface area contributed by atoms with Gasteiger partial charge in [-0.25, -0.2) is 18.6 Å². The third-order valence-corrected chi connectivity index (χ3v) is 6.19. The van der Waals surface area contributed by atoms with Gasteiger partial charge in [0, 0.05) is 18.5 Å². The molecular weight excluding hydrogens is 430 g/mol. The number of aromatic amines is 1. The number of halogens is 2. The molecule has 1 aromatic heterocycles. The molecule has 0 aliphatic heterocycles. The summed E-state index contributed by atoms with van der Waals surface area (Å²) in [6, 6.07) is 8.22. The highest BCUT2D eigenvalue weighted by Crippen LogP contribution is 2.28. The molecule has 0 bridgehead atoms. The van der Waals surface area contributed by atoms with Crippen molar-refractivity contribution in [3.05, 3.63) is 59.4 Å². The van der Waals surface area contributed by atoms with E-state index in [-0.39, 0.29) is 23.8 Å². The molecule has 1 unspecified atom stereocenters. The highest BCUT2D eigenvalue weighted by molar-refractivity contribution is 5.76. The normalized spacial score (nSPS) is 21.5. The summed E-state index contributed by atoms with van der Waals surface area (Å²) in [6.07, 6.45) is 2.50. The first-order valence-electron chi connectivity index (χ1n) is 11.0. The number of carbonyl (C=O) groups excluding carboxylic acids is 1. The number of imidazole rings is 1. The number of H-pyrrole nitrogens is 1. The number of rotatable bonds is 6. The fraction of sp³-hybridized carbons (Fsp3) is 0.417. The lowest BCUT2D eigenvalue weighted by Crippen LogP contribution is -2.47. The van der Waals surface area contributed by atoms with Crippen molar-refractivity contribution in [1.82, 2.24) is 20.6 Å². The number of nitrogens with zero attached hydrogens (tertiary/aromatic N) is 1. The number of carbonyl (C=O) groups is 1. The van der Waals surface area contributed by atoms with Gasteiger partial charge in [-0.1, -0.05) is 12.1 Å². The van der Waals surface area contributed by atoms with Gasteiger partial charge in [-0.15, -0.1) is 0 Å². The van der Waals surface area contributed by atoms with Gasteiger partial charge in [0.15, 0.2) is 11.6 Å². The summed E-state index contributed by atoms with van der Waals surface area (Å²) in [6.45, 7) is 1.80. The topological polar surface area (TPSA) is 99.3 Å². The fourth-order valence-corrected chi connectivity index (χ4v) is 4.23. The van der Waals surface area contributed by atoms with Crippen LogP contribution in [-0.4, -0.2) is 39.9 Å². The van der Waals surface area contributed by atoms with Crippen molar-refractivity contribution < 1.29 is 23.4 Å². The number of amides is 2. The van der Waals surface area contributed by atoms with Gasteiger partial charge in [0.1, 0.15) is 11.6 Å². The Morgan fingerprint density at radius 3 is 2.70 bits per heavy atom. The smallest absolute Gasteiger partial charge is 0.315 e. The van der Waals surface area contributed by atoms with Crippen molar-refractivity contribution in [2.45, 2.75) is 56.7 Å². The van der Waals surface area contributed by atoms with Crippen LogP contribution in [0.5, 0.6) is 5.75 Å². The van der Waals surface area contributed by atoms with Gasteiger partial charge in [0.05, 0.1) is 29.8 Å². The maximum atomic E-state index is 14.7. The van der Waals surface area contributed by atoms with Crippen LogP contribution in [0.25, 0.3) is 11.0 Å². The van der Waals surface area contributed by atoms with Crippen LogP contribution in [0.4, 0.5) is 13.6 Å². The van der Waals surface area contributed by atoms with Gasteiger partial charge in [-0.3, -0.25) is 0 Å². The van der Waals surface area contributed by atoms with Crippen LogP contribution >= 0.6 is 0 Å². The summed E-state index contributed by atoms with van der Waals surface area (Å²) in [7, 11) is 1.27. The monoisotopic (exact) mass is 458 g/mol. The van der Waals surface area contributed by atoms with Gasteiger partial charge < -0.3 is 25.5 Å². The number of aliphatic hydroxyl groups is 1. The van der Waals surface area contributed by atoms with E-state index >= 15 is 0 Å². The largest absolute Gasteiger partial charge is 0.494 e. The van der Waals surface area contributed by atoms with Crippen LogP contribution in [0.15, 0.2) is 36.4 Å². The molecule has 33 heavy (non-hydrogen) atoms. The van der Waals surface area contributed by atoms with E-state index in [4.69, 9.17) is 4.74 Å². The molecule has 2 amide bonds. The molecule has 1 heterocycles. The van der Waals surface area contributed by atoms with Gasteiger partial charge in [0.25, 0.3) is 0 Å². The number of fused-ring (bicyclic) bond motifs is 1. The molecule has 0 saturated heterocycles. The van der Waals surface area contributed by atoms with Crippen LogP contribution in [0, 0.1) is 11.6 Å². The lowest BCUT2D eigenvalue weighted by Gasteiger charge is -2.33. The Morgan fingerprint density at radius 2 is 2.00 bits per heavy atom. The summed E-state index contributed by atoms with van der Waals surface area (Å²) in [4.78, 5) is 20.5. The Labute approximate surface area is 190 Å². The minimum atomic E-state index is -0.730. The minimum Gasteiger partial charge on any atom is -0.494 e. The third kappa shape index (κ3) is 5.42. The minimum absolute atomic E-state index is 0.0145. The molecule has 1 aliphatic carbocycles. The number of urea groups is 1. The predicted molar refractivity (Wildman–Crippen MR) is 120 cm³/mol. The van der Waals surface area contributed by atoms with Crippen molar-refractivity contribution in [2.24, 2.45) is 0 Å². The Morgan fingerprint density at radius 1 is 1.27 bits per heavy atom. The molecule has 7 nitrogen and oxygen atoms in total. The summed E-state index contributed by atoms with van der Waals surface area (Å²) in [5.74, 6) is -1.06. The average molecular weight is 459 g/mol. The summed E-state index contributed by atoms with van der Waals surface area (Å²) >= 11 is 0. The highest BCUT2D eigenvalue weighted by Gasteiger charge is 2.30. The molecule has 176 valence electrons. The summed E-state index contributed by atoms with van der Waals surface area (Å²) in [5, 5.41) is 15.9. The van der Waals surface area contributed by atoms with Crippen molar-refractivity contribution in [1.29, 1.82) is 0 Å². The van der Waals surface area contributed by atoms with Gasteiger partial charge >= 0.3 is 6.03 Å². The van der Waals surface area contributed by atoms with Crippen LogP contribution in [-0.2, 0) is 6.42 Å². The second-order valence-electron chi connectivity index (χ2n) is 8.86. The number of nitrogens with one attached hydrogen (secondary N) is 3. The van der Waals surface area contributed by atoms with E-state index < -0.39 is 29.3 Å². The molecule has 1 saturated carbocycles. The number of ether oxygens (including phenoxy) is 1. The maximum Gasteiger partial charge on any atom is 0.315 e. The van der Waals surface area contributed by atoms with Crippen LogP contribution in [0.2, 0.25) is 0 Å². The molecule has 2 aromatic carbocycles. The second kappa shape index (κ2) is 9.35. The SMILES string of the molecule is COc1cc(F)c(CC(NC(=O)N[C@H]2CC[C@@](C)(O)CC2)c2nc3ccccc3[nH]2)cc1F. The second-order valence-corrected chi connectivity index (χ2v) is 8.86. The lowest BCUT2D eigenvalue weighted by molar-refractivity contribution is 0.0151. The third-order valence-electron chi connectivity index (χ3n) is 6.19. The Hall–Kier alpha value is -3.20. The molecular formula is C24H28F2N4O3. The zero-order valence-electron chi connectivity index (χ0n) is 18.6. The Bertz CT molecular complexity index is 1100. The van der Waals surface area contributed by atoms with Crippen molar-refractivity contribution >= 4 is 17.1 Å². The quantitative estimate of drug-likeness (QED) is 0.446. The average Bonchev–Trinajstić information content (AvgIpc) is 3.21. The van der Waals surface area contributed by atoms with Gasteiger partial charge in [-0.2, -0.15) is 0 Å². The lowest BCUT2D eigenvalue weighted by atomic mass is 9.84. The maximum absolute atomic E-state index is 14.7. The van der Waals surface area contributed by atoms with Crippen LogP contribution < -0.4 is 15.4 Å². The molecule has 0 radical (unpaired) electrons. The van der Waals surface area contributed by atoms with Crippen molar-refractivity contribution in [2.75, 3.05) is 7.11 Å². The highest BCUT2D eigenvalue weighted by atomic mass is 19.1. The molecule has 9 heteroatoms. The summed E-state index contributed by atoms with van der Waals surface area (Å²) in [5.41, 5.74) is 0.862. The number of hydrogen-bond acceptors (Lipinski definition) is 4. The Balaban J connectivity index is 1.55. The molecule has 0 spiro atoms. The van der Waals surface area contributed by atoms with E-state index in [1.165, 1.54) is 7.11 Å². The number of benzene rings is 2. The van der Waals surface area contributed by atoms with Crippen molar-refractivity contribution in [3.8, 4) is 5.75 Å². The molecule has 3 aromatic rings. The molecule has 1 fully saturated rings. The fourth-order valence-electron chi connectivity index (χ4n) is 4.23. The van der Waals surface area contributed by atoms with E-state index in [0.717, 1.165) is 17.6 Å². The van der Waals surface area contributed by atoms with Gasteiger partial charge in [-0.05, 0) is 56.4 Å². The van der Waals surface area contributed by atoms with E-state index in [0.29, 0.717) is 37.0 Å². The standard InChI is InChI=1S/C24H28F2N4O3/c1-24(32)9-7-15(8-10-24)27-23(31)30-20(22-28-18-5-3-4-6-19(18)29-22)12-14-11-17(26)21(33-2)13-16(14)25/h3-6,11,13,15,20,32H,7-10,12H2,1-2H3,(H,28,29)(H2,27,30,31)/t15-,20?,24+. The van der Waals surface area contributed by atoms with Crippen molar-refractivity contribution in [3.63, 3.8) is 0 Å². The van der Waals surface area contributed by atoms with E-state index in [1.54, 1.807) is 6.92 Å².